The van der Waals surface area contributed by atoms with Crippen LogP contribution in [0.4, 0.5) is 0 Å². The van der Waals surface area contributed by atoms with Gasteiger partial charge in [-0.3, -0.25) is 4.79 Å². The topological polar surface area (TPSA) is 50.2 Å². The fourth-order valence-corrected chi connectivity index (χ4v) is 1.02. The molecule has 0 aromatic rings. The molecule has 0 aromatic carbocycles. The summed E-state index contributed by atoms with van der Waals surface area (Å²) in [6, 6.07) is 0. The van der Waals surface area contributed by atoms with Crippen LogP contribution in [0.15, 0.2) is 0 Å². The summed E-state index contributed by atoms with van der Waals surface area (Å²) >= 11 is 0. The van der Waals surface area contributed by atoms with Crippen molar-refractivity contribution in [2.45, 2.75) is 40.0 Å². The summed E-state index contributed by atoms with van der Waals surface area (Å²) in [5.74, 6) is 0.206. The van der Waals surface area contributed by atoms with E-state index >= 15 is 0 Å². The average Bonchev–Trinajstić information content (AvgIpc) is 2.04. The number of carbonyl (C=O) groups is 1. The Bertz CT molecular complexity index is 178. The minimum Gasteiger partial charge on any atom is -0.466 e. The van der Waals surface area contributed by atoms with Crippen LogP contribution in [0.25, 0.3) is 0 Å². The van der Waals surface area contributed by atoms with Crippen LogP contribution in [0.1, 0.15) is 40.0 Å². The number of ether oxygens (including phenoxy) is 1. The maximum absolute atomic E-state index is 11.0. The first kappa shape index (κ1) is 12.1. The van der Waals surface area contributed by atoms with E-state index in [0.29, 0.717) is 24.7 Å². The standard InChI is InChI=1S/C10H19NO2/c1-4-8(3)6-9(11)7-10(12)13-5-2/h8,11H,4-7H2,1-3H3/t8-/m1/s1. The van der Waals surface area contributed by atoms with Gasteiger partial charge in [-0.1, -0.05) is 20.3 Å². The first-order valence-electron chi connectivity index (χ1n) is 4.82. The Hall–Kier alpha value is -0.860. The summed E-state index contributed by atoms with van der Waals surface area (Å²) in [7, 11) is 0. The SMILES string of the molecule is CCOC(=O)CC(=N)C[C@H](C)CC. The molecular weight excluding hydrogens is 166 g/mol. The van der Waals surface area contributed by atoms with Crippen molar-refractivity contribution in [2.75, 3.05) is 6.61 Å². The minimum atomic E-state index is -0.282. The van der Waals surface area contributed by atoms with Gasteiger partial charge in [-0.25, -0.2) is 0 Å². The second-order valence-corrected chi connectivity index (χ2v) is 3.30. The molecule has 0 saturated heterocycles. The van der Waals surface area contributed by atoms with Crippen LogP contribution in [0.2, 0.25) is 0 Å². The minimum absolute atomic E-state index is 0.151. The van der Waals surface area contributed by atoms with Crippen LogP contribution in [-0.4, -0.2) is 18.3 Å². The Morgan fingerprint density at radius 1 is 1.46 bits per heavy atom. The zero-order chi connectivity index (χ0) is 10.3. The number of rotatable bonds is 6. The molecule has 0 aliphatic rings. The van der Waals surface area contributed by atoms with Crippen molar-refractivity contribution in [2.24, 2.45) is 5.92 Å². The number of hydrogen-bond donors (Lipinski definition) is 1. The van der Waals surface area contributed by atoms with Crippen molar-refractivity contribution in [1.29, 1.82) is 5.41 Å². The number of carbonyl (C=O) groups excluding carboxylic acids is 1. The van der Waals surface area contributed by atoms with E-state index in [1.165, 1.54) is 0 Å². The molecule has 0 bridgehead atoms. The molecule has 0 fully saturated rings. The van der Waals surface area contributed by atoms with Gasteiger partial charge in [0, 0.05) is 5.71 Å². The summed E-state index contributed by atoms with van der Waals surface area (Å²) in [6.45, 7) is 6.34. The van der Waals surface area contributed by atoms with Gasteiger partial charge in [0.25, 0.3) is 0 Å². The van der Waals surface area contributed by atoms with Gasteiger partial charge >= 0.3 is 5.97 Å². The van der Waals surface area contributed by atoms with Gasteiger partial charge in [-0.05, 0) is 19.3 Å². The maximum atomic E-state index is 11.0. The molecule has 0 aromatic heterocycles. The largest absolute Gasteiger partial charge is 0.466 e. The number of nitrogens with one attached hydrogen (secondary N) is 1. The van der Waals surface area contributed by atoms with E-state index in [2.05, 4.69) is 13.8 Å². The van der Waals surface area contributed by atoms with E-state index in [4.69, 9.17) is 10.1 Å². The van der Waals surface area contributed by atoms with Gasteiger partial charge in [-0.15, -0.1) is 0 Å². The molecule has 0 heterocycles. The average molecular weight is 185 g/mol. The van der Waals surface area contributed by atoms with Crippen LogP contribution < -0.4 is 0 Å². The van der Waals surface area contributed by atoms with Crippen LogP contribution in [-0.2, 0) is 9.53 Å². The predicted octanol–water partition coefficient (Wildman–Crippen LogP) is 2.40. The van der Waals surface area contributed by atoms with E-state index in [-0.39, 0.29) is 12.4 Å². The molecule has 0 saturated carbocycles. The second-order valence-electron chi connectivity index (χ2n) is 3.30. The monoisotopic (exact) mass is 185 g/mol. The highest BCUT2D eigenvalue weighted by Gasteiger charge is 2.09. The maximum Gasteiger partial charge on any atom is 0.311 e. The second kappa shape index (κ2) is 6.63. The fourth-order valence-electron chi connectivity index (χ4n) is 1.02. The third-order valence-electron chi connectivity index (χ3n) is 1.95. The Kier molecular flexibility index (Phi) is 6.20. The summed E-state index contributed by atoms with van der Waals surface area (Å²) in [4.78, 5) is 11.0. The van der Waals surface area contributed by atoms with Crippen LogP contribution in [0, 0.1) is 11.3 Å². The van der Waals surface area contributed by atoms with Gasteiger partial charge in [0.15, 0.2) is 0 Å². The molecule has 76 valence electrons. The highest BCUT2D eigenvalue weighted by molar-refractivity contribution is 5.97. The Balaban J connectivity index is 3.67. The lowest BCUT2D eigenvalue weighted by Gasteiger charge is -2.08. The fraction of sp³-hybridized carbons (Fsp3) is 0.800. The van der Waals surface area contributed by atoms with Gasteiger partial charge in [0.2, 0.25) is 0 Å². The van der Waals surface area contributed by atoms with E-state index in [9.17, 15) is 4.79 Å². The summed E-state index contributed by atoms with van der Waals surface area (Å²) < 4.78 is 4.75. The summed E-state index contributed by atoms with van der Waals surface area (Å²) in [5.41, 5.74) is 0.479. The lowest BCUT2D eigenvalue weighted by atomic mass is 10.0. The molecule has 3 nitrogen and oxygen atoms in total. The smallest absolute Gasteiger partial charge is 0.311 e. The third kappa shape index (κ3) is 6.31. The van der Waals surface area contributed by atoms with Crippen molar-refractivity contribution in [3.63, 3.8) is 0 Å². The first-order valence-corrected chi connectivity index (χ1v) is 4.82. The van der Waals surface area contributed by atoms with Crippen molar-refractivity contribution in [3.8, 4) is 0 Å². The molecule has 0 spiro atoms. The highest BCUT2D eigenvalue weighted by atomic mass is 16.5. The third-order valence-corrected chi connectivity index (χ3v) is 1.95. The van der Waals surface area contributed by atoms with E-state index in [0.717, 1.165) is 6.42 Å². The number of hydrogen-bond acceptors (Lipinski definition) is 3. The lowest BCUT2D eigenvalue weighted by Crippen LogP contribution is -2.12. The summed E-state index contributed by atoms with van der Waals surface area (Å²) in [6.07, 6.45) is 1.90. The zero-order valence-corrected chi connectivity index (χ0v) is 8.72. The Labute approximate surface area is 80.0 Å². The first-order chi connectivity index (χ1) is 6.10. The molecule has 0 aliphatic heterocycles. The molecule has 3 heteroatoms. The van der Waals surface area contributed by atoms with Crippen molar-refractivity contribution < 1.29 is 9.53 Å². The molecule has 0 aliphatic carbocycles. The van der Waals surface area contributed by atoms with Gasteiger partial charge in [0.1, 0.15) is 0 Å². The van der Waals surface area contributed by atoms with E-state index < -0.39 is 0 Å². The normalized spacial score (nSPS) is 12.2. The van der Waals surface area contributed by atoms with Crippen LogP contribution in [0.5, 0.6) is 0 Å². The quantitative estimate of drug-likeness (QED) is 0.510. The predicted molar refractivity (Wildman–Crippen MR) is 53.0 cm³/mol. The zero-order valence-electron chi connectivity index (χ0n) is 8.72. The van der Waals surface area contributed by atoms with Crippen molar-refractivity contribution in [1.82, 2.24) is 0 Å². The van der Waals surface area contributed by atoms with Gasteiger partial charge in [0.05, 0.1) is 13.0 Å². The van der Waals surface area contributed by atoms with Crippen molar-refractivity contribution >= 4 is 11.7 Å². The summed E-state index contributed by atoms with van der Waals surface area (Å²) in [5, 5.41) is 7.53. The van der Waals surface area contributed by atoms with E-state index in [1.807, 2.05) is 0 Å². The molecule has 0 radical (unpaired) electrons. The molecule has 0 rings (SSSR count). The molecule has 0 amide bonds. The Morgan fingerprint density at radius 2 is 2.08 bits per heavy atom. The molecule has 13 heavy (non-hydrogen) atoms. The lowest BCUT2D eigenvalue weighted by molar-refractivity contribution is -0.141. The van der Waals surface area contributed by atoms with Crippen LogP contribution in [0.3, 0.4) is 0 Å². The van der Waals surface area contributed by atoms with Gasteiger partial charge in [-0.2, -0.15) is 0 Å². The van der Waals surface area contributed by atoms with E-state index in [1.54, 1.807) is 6.92 Å². The molecular formula is C10H19NO2. The number of esters is 1. The molecule has 1 atom stereocenters. The van der Waals surface area contributed by atoms with Crippen LogP contribution >= 0.6 is 0 Å². The Morgan fingerprint density at radius 3 is 2.54 bits per heavy atom. The molecule has 1 N–H and O–H groups in total. The molecule has 0 unspecified atom stereocenters. The highest BCUT2D eigenvalue weighted by Crippen LogP contribution is 2.08. The van der Waals surface area contributed by atoms with Gasteiger partial charge < -0.3 is 10.1 Å². The van der Waals surface area contributed by atoms with Crippen molar-refractivity contribution in [3.05, 3.63) is 0 Å².